The van der Waals surface area contributed by atoms with Gasteiger partial charge < -0.3 is 9.84 Å². The fraction of sp³-hybridized carbons (Fsp3) is 0.300. The summed E-state index contributed by atoms with van der Waals surface area (Å²) in [6, 6.07) is 1.83. The van der Waals surface area contributed by atoms with Crippen LogP contribution in [0.25, 0.3) is 10.3 Å². The van der Waals surface area contributed by atoms with E-state index in [0.29, 0.717) is 6.54 Å². The average Bonchev–Trinajstić information content (AvgIpc) is 2.98. The second-order valence-corrected chi connectivity index (χ2v) is 4.71. The number of thiazole rings is 1. The molecule has 0 aliphatic rings. The summed E-state index contributed by atoms with van der Waals surface area (Å²) in [7, 11) is 1.90. The van der Waals surface area contributed by atoms with Crippen molar-refractivity contribution in [2.24, 2.45) is 7.05 Å². The summed E-state index contributed by atoms with van der Waals surface area (Å²) < 4.78 is 7.92. The van der Waals surface area contributed by atoms with Gasteiger partial charge in [0.2, 0.25) is 0 Å². The molecule has 17 heavy (non-hydrogen) atoms. The van der Waals surface area contributed by atoms with Gasteiger partial charge in [0, 0.05) is 13.1 Å². The maximum atomic E-state index is 5.01. The molecule has 7 heteroatoms. The van der Waals surface area contributed by atoms with Crippen LogP contribution in [-0.4, -0.2) is 19.9 Å². The van der Waals surface area contributed by atoms with E-state index in [2.05, 4.69) is 20.6 Å². The lowest BCUT2D eigenvalue weighted by Crippen LogP contribution is -1.98. The second kappa shape index (κ2) is 3.85. The molecule has 0 radical (unpaired) electrons. The zero-order valence-electron chi connectivity index (χ0n) is 9.47. The predicted molar refractivity (Wildman–Crippen MR) is 65.0 cm³/mol. The zero-order valence-corrected chi connectivity index (χ0v) is 10.3. The molecule has 3 heterocycles. The number of rotatable bonds is 3. The van der Waals surface area contributed by atoms with Crippen LogP contribution >= 0.6 is 11.3 Å². The lowest BCUT2D eigenvalue weighted by Gasteiger charge is -1.97. The molecule has 0 aliphatic carbocycles. The largest absolute Gasteiger partial charge is 0.360 e. The van der Waals surface area contributed by atoms with Gasteiger partial charge in [-0.25, -0.2) is 9.67 Å². The predicted octanol–water partition coefficient (Wildman–Crippen LogP) is 1.94. The first-order chi connectivity index (χ1) is 8.24. The molecule has 1 N–H and O–H groups in total. The zero-order chi connectivity index (χ0) is 11.8. The number of anilines is 1. The quantitative estimate of drug-likeness (QED) is 0.768. The molecule has 0 aliphatic heterocycles. The molecule has 88 valence electrons. The van der Waals surface area contributed by atoms with Crippen molar-refractivity contribution in [3.05, 3.63) is 23.7 Å². The summed E-state index contributed by atoms with van der Waals surface area (Å²) in [5.74, 6) is 0.791. The van der Waals surface area contributed by atoms with E-state index >= 15 is 0 Å². The Labute approximate surface area is 101 Å². The summed E-state index contributed by atoms with van der Waals surface area (Å²) in [5, 5.41) is 12.0. The minimum Gasteiger partial charge on any atom is -0.360 e. The molecule has 0 fully saturated rings. The van der Waals surface area contributed by atoms with Crippen LogP contribution in [0.3, 0.4) is 0 Å². The summed E-state index contributed by atoms with van der Waals surface area (Å²) in [5.41, 5.74) is 1.92. The standard InChI is InChI=1S/C10H11N5OS/c1-6-8-9(15(2)14-6)13-10(17-8)11-5-7-3-4-12-16-7/h3-4H,5H2,1-2H3,(H,11,13). The first kappa shape index (κ1) is 10.3. The number of hydrogen-bond acceptors (Lipinski definition) is 6. The van der Waals surface area contributed by atoms with E-state index in [4.69, 9.17) is 4.52 Å². The molecule has 0 spiro atoms. The number of fused-ring (bicyclic) bond motifs is 1. The highest BCUT2D eigenvalue weighted by atomic mass is 32.1. The van der Waals surface area contributed by atoms with Crippen LogP contribution < -0.4 is 5.32 Å². The minimum absolute atomic E-state index is 0.590. The lowest BCUT2D eigenvalue weighted by atomic mass is 10.5. The van der Waals surface area contributed by atoms with Gasteiger partial charge in [0.1, 0.15) is 0 Å². The van der Waals surface area contributed by atoms with Crippen LogP contribution in [0.15, 0.2) is 16.8 Å². The van der Waals surface area contributed by atoms with Crippen molar-refractivity contribution in [3.8, 4) is 0 Å². The third-order valence-electron chi connectivity index (χ3n) is 2.45. The second-order valence-electron chi connectivity index (χ2n) is 3.71. The molecule has 6 nitrogen and oxygen atoms in total. The molecule has 3 rings (SSSR count). The third-order valence-corrected chi connectivity index (χ3v) is 3.56. The SMILES string of the molecule is Cc1nn(C)c2nc(NCc3ccno3)sc12. The van der Waals surface area contributed by atoms with Gasteiger partial charge in [-0.1, -0.05) is 16.5 Å². The fourth-order valence-corrected chi connectivity index (χ4v) is 2.58. The Bertz CT molecular complexity index is 605. The molecule has 0 bridgehead atoms. The van der Waals surface area contributed by atoms with Crippen molar-refractivity contribution < 1.29 is 4.52 Å². The first-order valence-corrected chi connectivity index (χ1v) is 5.99. The number of aromatic nitrogens is 4. The van der Waals surface area contributed by atoms with Crippen molar-refractivity contribution >= 4 is 26.8 Å². The van der Waals surface area contributed by atoms with Crippen LogP contribution in [0.1, 0.15) is 11.5 Å². The van der Waals surface area contributed by atoms with E-state index in [0.717, 1.165) is 26.9 Å². The molecule has 3 aromatic heterocycles. The van der Waals surface area contributed by atoms with Gasteiger partial charge in [-0.05, 0) is 6.92 Å². The van der Waals surface area contributed by atoms with Gasteiger partial charge in [-0.15, -0.1) is 0 Å². The number of aryl methyl sites for hydroxylation is 2. The molecule has 3 aromatic rings. The van der Waals surface area contributed by atoms with E-state index in [1.54, 1.807) is 22.2 Å². The topological polar surface area (TPSA) is 68.8 Å². The van der Waals surface area contributed by atoms with Gasteiger partial charge >= 0.3 is 0 Å². The molecule has 0 atom stereocenters. The molecule has 0 aromatic carbocycles. The smallest absolute Gasteiger partial charge is 0.185 e. The number of nitrogens with one attached hydrogen (secondary N) is 1. The van der Waals surface area contributed by atoms with Gasteiger partial charge in [-0.3, -0.25) is 0 Å². The van der Waals surface area contributed by atoms with Gasteiger partial charge in [0.15, 0.2) is 16.5 Å². The molecule has 0 amide bonds. The Morgan fingerprint density at radius 1 is 1.53 bits per heavy atom. The summed E-state index contributed by atoms with van der Waals surface area (Å²) in [4.78, 5) is 4.48. The Balaban J connectivity index is 1.84. The summed E-state index contributed by atoms with van der Waals surface area (Å²) in [6.07, 6.45) is 1.63. The minimum atomic E-state index is 0.590. The third kappa shape index (κ3) is 1.78. The summed E-state index contributed by atoms with van der Waals surface area (Å²) >= 11 is 1.60. The number of nitrogens with zero attached hydrogens (tertiary/aromatic N) is 4. The number of hydrogen-bond donors (Lipinski definition) is 1. The van der Waals surface area contributed by atoms with Crippen LogP contribution in [0.2, 0.25) is 0 Å². The van der Waals surface area contributed by atoms with Crippen molar-refractivity contribution in [3.63, 3.8) is 0 Å². The Morgan fingerprint density at radius 3 is 3.12 bits per heavy atom. The monoisotopic (exact) mass is 249 g/mol. The molecular weight excluding hydrogens is 238 g/mol. The molecule has 0 saturated carbocycles. The highest BCUT2D eigenvalue weighted by Crippen LogP contribution is 2.28. The van der Waals surface area contributed by atoms with E-state index in [1.807, 2.05) is 20.0 Å². The fourth-order valence-electron chi connectivity index (χ4n) is 1.66. The summed E-state index contributed by atoms with van der Waals surface area (Å²) in [6.45, 7) is 2.58. The van der Waals surface area contributed by atoms with Crippen LogP contribution in [0, 0.1) is 6.92 Å². The van der Waals surface area contributed by atoms with E-state index in [-0.39, 0.29) is 0 Å². The van der Waals surface area contributed by atoms with Crippen LogP contribution in [0.5, 0.6) is 0 Å². The highest BCUT2D eigenvalue weighted by Gasteiger charge is 2.11. The van der Waals surface area contributed by atoms with Crippen molar-refractivity contribution in [1.29, 1.82) is 0 Å². The van der Waals surface area contributed by atoms with Gasteiger partial charge in [0.05, 0.1) is 23.1 Å². The van der Waals surface area contributed by atoms with Gasteiger partial charge in [0.25, 0.3) is 0 Å². The highest BCUT2D eigenvalue weighted by molar-refractivity contribution is 7.22. The Morgan fingerprint density at radius 2 is 2.41 bits per heavy atom. The first-order valence-electron chi connectivity index (χ1n) is 5.17. The molecule has 0 saturated heterocycles. The van der Waals surface area contributed by atoms with Crippen molar-refractivity contribution in [2.75, 3.05) is 5.32 Å². The van der Waals surface area contributed by atoms with E-state index in [9.17, 15) is 0 Å². The van der Waals surface area contributed by atoms with Crippen LogP contribution in [-0.2, 0) is 13.6 Å². The Kier molecular flexibility index (Phi) is 2.32. The maximum absolute atomic E-state index is 5.01. The van der Waals surface area contributed by atoms with Crippen LogP contribution in [0.4, 0.5) is 5.13 Å². The Hall–Kier alpha value is -1.89. The molecular formula is C10H11N5OS. The van der Waals surface area contributed by atoms with Crippen molar-refractivity contribution in [1.82, 2.24) is 19.9 Å². The van der Waals surface area contributed by atoms with E-state index in [1.165, 1.54) is 0 Å². The van der Waals surface area contributed by atoms with E-state index < -0.39 is 0 Å². The van der Waals surface area contributed by atoms with Gasteiger partial charge in [-0.2, -0.15) is 5.10 Å². The average molecular weight is 249 g/mol. The van der Waals surface area contributed by atoms with Crippen molar-refractivity contribution in [2.45, 2.75) is 13.5 Å². The maximum Gasteiger partial charge on any atom is 0.185 e. The lowest BCUT2D eigenvalue weighted by molar-refractivity contribution is 0.388. The normalized spacial score (nSPS) is 11.2. The molecule has 0 unspecified atom stereocenters.